The predicted molar refractivity (Wildman–Crippen MR) is 42.3 cm³/mol. The number of hydrogen-bond donors (Lipinski definition) is 1. The molecule has 1 N–H and O–H groups in total. The predicted octanol–water partition coefficient (Wildman–Crippen LogP) is 0.401. The van der Waals surface area contributed by atoms with Gasteiger partial charge in [-0.15, -0.1) is 0 Å². The lowest BCUT2D eigenvalue weighted by atomic mass is 9.99. The summed E-state index contributed by atoms with van der Waals surface area (Å²) in [5.41, 5.74) is 1.82. The molecule has 0 saturated heterocycles. The van der Waals surface area contributed by atoms with Gasteiger partial charge in [0.25, 0.3) is 5.91 Å². The first-order valence-electron chi connectivity index (χ1n) is 3.57. The van der Waals surface area contributed by atoms with Crippen LogP contribution in [0.3, 0.4) is 0 Å². The lowest BCUT2D eigenvalue weighted by molar-refractivity contribution is -0.117. The SMILES string of the molecule is O=C1NCC=C2CC=NC=C12. The maximum absolute atomic E-state index is 11.1. The van der Waals surface area contributed by atoms with E-state index in [4.69, 9.17) is 0 Å². The lowest BCUT2D eigenvalue weighted by Gasteiger charge is -2.16. The van der Waals surface area contributed by atoms with E-state index in [-0.39, 0.29) is 5.91 Å². The molecule has 11 heavy (non-hydrogen) atoms. The highest BCUT2D eigenvalue weighted by Gasteiger charge is 2.18. The van der Waals surface area contributed by atoms with E-state index in [0.717, 1.165) is 17.6 Å². The van der Waals surface area contributed by atoms with Gasteiger partial charge in [-0.3, -0.25) is 9.79 Å². The molecule has 0 fully saturated rings. The molecule has 0 bridgehead atoms. The van der Waals surface area contributed by atoms with E-state index in [9.17, 15) is 4.79 Å². The van der Waals surface area contributed by atoms with Crippen LogP contribution in [-0.2, 0) is 4.79 Å². The second-order valence-corrected chi connectivity index (χ2v) is 2.52. The molecular weight excluding hydrogens is 140 g/mol. The van der Waals surface area contributed by atoms with E-state index in [0.29, 0.717) is 6.54 Å². The van der Waals surface area contributed by atoms with Crippen LogP contribution < -0.4 is 5.32 Å². The zero-order valence-electron chi connectivity index (χ0n) is 6.00. The Labute approximate surface area is 64.5 Å². The topological polar surface area (TPSA) is 41.5 Å². The van der Waals surface area contributed by atoms with Crippen molar-refractivity contribution in [1.29, 1.82) is 0 Å². The minimum atomic E-state index is -0.000602. The van der Waals surface area contributed by atoms with Crippen molar-refractivity contribution in [3.8, 4) is 0 Å². The summed E-state index contributed by atoms with van der Waals surface area (Å²) < 4.78 is 0. The molecule has 3 heteroatoms. The summed E-state index contributed by atoms with van der Waals surface area (Å²) in [6.07, 6.45) is 6.25. The Morgan fingerprint density at radius 1 is 1.55 bits per heavy atom. The van der Waals surface area contributed by atoms with E-state index in [2.05, 4.69) is 10.3 Å². The number of rotatable bonds is 0. The van der Waals surface area contributed by atoms with Crippen LogP contribution in [-0.4, -0.2) is 18.7 Å². The molecule has 0 aromatic heterocycles. The molecule has 0 spiro atoms. The fraction of sp³-hybridized carbons (Fsp3) is 0.250. The first-order chi connectivity index (χ1) is 5.38. The van der Waals surface area contributed by atoms with E-state index >= 15 is 0 Å². The normalized spacial score (nSPS) is 21.6. The number of nitrogens with zero attached hydrogens (tertiary/aromatic N) is 1. The van der Waals surface area contributed by atoms with Crippen molar-refractivity contribution in [2.75, 3.05) is 6.54 Å². The zero-order valence-corrected chi connectivity index (χ0v) is 6.00. The third kappa shape index (κ3) is 0.981. The third-order valence-electron chi connectivity index (χ3n) is 1.82. The molecule has 0 aromatic carbocycles. The van der Waals surface area contributed by atoms with Crippen LogP contribution in [0.1, 0.15) is 6.42 Å². The molecule has 2 heterocycles. The summed E-state index contributed by atoms with van der Waals surface area (Å²) in [6.45, 7) is 0.652. The molecule has 0 aliphatic carbocycles. The summed E-state index contributed by atoms with van der Waals surface area (Å²) in [6, 6.07) is 0. The highest BCUT2D eigenvalue weighted by atomic mass is 16.1. The Hall–Kier alpha value is -1.38. The molecular formula is C8H8N2O. The number of fused-ring (bicyclic) bond motifs is 1. The van der Waals surface area contributed by atoms with E-state index < -0.39 is 0 Å². The fourth-order valence-electron chi connectivity index (χ4n) is 1.23. The van der Waals surface area contributed by atoms with Crippen LogP contribution in [0.5, 0.6) is 0 Å². The van der Waals surface area contributed by atoms with Gasteiger partial charge in [0.05, 0.1) is 5.57 Å². The van der Waals surface area contributed by atoms with Gasteiger partial charge in [0, 0.05) is 25.4 Å². The van der Waals surface area contributed by atoms with Crippen molar-refractivity contribution in [2.24, 2.45) is 4.99 Å². The second kappa shape index (κ2) is 2.34. The Balaban J connectivity index is 2.43. The minimum Gasteiger partial charge on any atom is -0.348 e. The highest BCUT2D eigenvalue weighted by molar-refractivity contribution is 6.00. The van der Waals surface area contributed by atoms with Crippen LogP contribution in [0.4, 0.5) is 0 Å². The molecule has 0 atom stereocenters. The van der Waals surface area contributed by atoms with Crippen molar-refractivity contribution >= 4 is 12.1 Å². The van der Waals surface area contributed by atoms with Crippen molar-refractivity contribution in [1.82, 2.24) is 5.32 Å². The average Bonchev–Trinajstić information content (AvgIpc) is 2.06. The van der Waals surface area contributed by atoms with Crippen LogP contribution in [0.25, 0.3) is 0 Å². The summed E-state index contributed by atoms with van der Waals surface area (Å²) in [5, 5.41) is 2.72. The molecule has 0 radical (unpaired) electrons. The standard InChI is InChI=1S/C8H8N2O/c11-8-7-5-9-3-1-6(7)2-4-10-8/h2-3,5H,1,4H2,(H,10,11). The number of nitrogens with one attached hydrogen (secondary N) is 1. The smallest absolute Gasteiger partial charge is 0.253 e. The summed E-state index contributed by atoms with van der Waals surface area (Å²) in [4.78, 5) is 15.1. The Kier molecular flexibility index (Phi) is 1.35. The molecule has 56 valence electrons. The van der Waals surface area contributed by atoms with Gasteiger partial charge in [0.1, 0.15) is 0 Å². The van der Waals surface area contributed by atoms with Crippen LogP contribution in [0.15, 0.2) is 28.4 Å². The lowest BCUT2D eigenvalue weighted by Crippen LogP contribution is -2.30. The molecule has 0 unspecified atom stereocenters. The largest absolute Gasteiger partial charge is 0.348 e. The third-order valence-corrected chi connectivity index (χ3v) is 1.82. The van der Waals surface area contributed by atoms with Crippen molar-refractivity contribution < 1.29 is 4.79 Å². The maximum atomic E-state index is 11.1. The van der Waals surface area contributed by atoms with Gasteiger partial charge >= 0.3 is 0 Å². The van der Waals surface area contributed by atoms with Gasteiger partial charge in [-0.1, -0.05) is 6.08 Å². The summed E-state index contributed by atoms with van der Waals surface area (Å²) >= 11 is 0. The maximum Gasteiger partial charge on any atom is 0.253 e. The van der Waals surface area contributed by atoms with Gasteiger partial charge in [0.15, 0.2) is 0 Å². The van der Waals surface area contributed by atoms with E-state index in [1.807, 2.05) is 12.3 Å². The van der Waals surface area contributed by atoms with Gasteiger partial charge < -0.3 is 5.32 Å². The Morgan fingerprint density at radius 2 is 2.45 bits per heavy atom. The monoisotopic (exact) mass is 148 g/mol. The quantitative estimate of drug-likeness (QED) is 0.530. The fourth-order valence-corrected chi connectivity index (χ4v) is 1.23. The van der Waals surface area contributed by atoms with Gasteiger partial charge in [0.2, 0.25) is 0 Å². The second-order valence-electron chi connectivity index (χ2n) is 2.52. The first-order valence-corrected chi connectivity index (χ1v) is 3.57. The van der Waals surface area contributed by atoms with Crippen molar-refractivity contribution in [3.05, 3.63) is 23.4 Å². The van der Waals surface area contributed by atoms with Crippen molar-refractivity contribution in [2.45, 2.75) is 6.42 Å². The zero-order chi connectivity index (χ0) is 7.68. The summed E-state index contributed by atoms with van der Waals surface area (Å²) in [7, 11) is 0. The number of carbonyl (C=O) groups excluding carboxylic acids is 1. The van der Waals surface area contributed by atoms with Gasteiger partial charge in [-0.2, -0.15) is 0 Å². The number of aliphatic imine (C=N–C) groups is 1. The molecule has 2 aliphatic rings. The highest BCUT2D eigenvalue weighted by Crippen LogP contribution is 2.19. The molecule has 1 amide bonds. The number of amides is 1. The Bertz CT molecular complexity index is 286. The van der Waals surface area contributed by atoms with Crippen LogP contribution in [0, 0.1) is 0 Å². The molecule has 2 aliphatic heterocycles. The van der Waals surface area contributed by atoms with Gasteiger partial charge in [-0.25, -0.2) is 0 Å². The molecule has 3 nitrogen and oxygen atoms in total. The Morgan fingerprint density at radius 3 is 3.27 bits per heavy atom. The van der Waals surface area contributed by atoms with Crippen LogP contribution in [0.2, 0.25) is 0 Å². The average molecular weight is 148 g/mol. The van der Waals surface area contributed by atoms with E-state index in [1.165, 1.54) is 0 Å². The molecule has 0 aromatic rings. The van der Waals surface area contributed by atoms with Gasteiger partial charge in [-0.05, 0) is 5.57 Å². The minimum absolute atomic E-state index is 0.000602. The number of carbonyl (C=O) groups is 1. The van der Waals surface area contributed by atoms with E-state index in [1.54, 1.807) is 6.20 Å². The molecule has 2 rings (SSSR count). The van der Waals surface area contributed by atoms with Crippen LogP contribution >= 0.6 is 0 Å². The summed E-state index contributed by atoms with van der Waals surface area (Å²) in [5.74, 6) is -0.000602. The first kappa shape index (κ1) is 6.34. The number of hydrogen-bond acceptors (Lipinski definition) is 2. The van der Waals surface area contributed by atoms with Crippen molar-refractivity contribution in [3.63, 3.8) is 0 Å². The molecule has 0 saturated carbocycles.